The van der Waals surface area contributed by atoms with Crippen LogP contribution in [0.2, 0.25) is 0 Å². The van der Waals surface area contributed by atoms with E-state index in [1.165, 1.54) is 17.9 Å². The van der Waals surface area contributed by atoms with Crippen LogP contribution in [0.1, 0.15) is 34.8 Å². The standard InChI is InChI=1S/C29H28N2O8/c1-12(32)13-5-4-6-14(9-13)16-7-8-19(33)21-17(16)10-15-11-18-23(31(2)3)25(35)22(28(30)38)27(37)29(18,39)26(36)20(15)24(21)34/h4-9,15,18,23,33-34,37,39H,10-11H2,1-3H3,(H2,30,38)/t15-,18-,23-,29?/m0/s1. The molecule has 39 heavy (non-hydrogen) atoms. The minimum atomic E-state index is -2.69. The van der Waals surface area contributed by atoms with Crippen molar-refractivity contribution in [3.05, 3.63) is 70.0 Å². The van der Waals surface area contributed by atoms with Gasteiger partial charge in [-0.3, -0.25) is 24.1 Å². The lowest BCUT2D eigenvalue weighted by atomic mass is 9.57. The molecule has 3 aliphatic rings. The zero-order valence-electron chi connectivity index (χ0n) is 21.6. The largest absolute Gasteiger partial charge is 0.508 e. The zero-order chi connectivity index (χ0) is 28.5. The van der Waals surface area contributed by atoms with Crippen LogP contribution < -0.4 is 5.73 Å². The van der Waals surface area contributed by atoms with Crippen LogP contribution in [0.5, 0.6) is 5.75 Å². The number of amides is 1. The number of primary amides is 1. The average Bonchev–Trinajstić information content (AvgIpc) is 2.86. The number of aliphatic hydroxyl groups excluding tert-OH is 2. The normalized spacial score (nSPS) is 26.3. The van der Waals surface area contributed by atoms with Gasteiger partial charge in [0, 0.05) is 17.1 Å². The molecule has 1 fully saturated rings. The van der Waals surface area contributed by atoms with Gasteiger partial charge in [0.1, 0.15) is 22.8 Å². The summed E-state index contributed by atoms with van der Waals surface area (Å²) in [6.07, 6.45) is 0.150. The molecule has 1 amide bonds. The third kappa shape index (κ3) is 3.63. The Morgan fingerprint density at radius 1 is 1.08 bits per heavy atom. The first-order valence-electron chi connectivity index (χ1n) is 12.4. The number of carbonyl (C=O) groups excluding carboxylic acids is 4. The fourth-order valence-electron chi connectivity index (χ4n) is 6.42. The van der Waals surface area contributed by atoms with Crippen molar-refractivity contribution in [1.29, 1.82) is 0 Å². The van der Waals surface area contributed by atoms with Gasteiger partial charge in [0.05, 0.1) is 11.6 Å². The summed E-state index contributed by atoms with van der Waals surface area (Å²) < 4.78 is 0. The number of nitrogens with zero attached hydrogens (tertiary/aromatic N) is 1. The summed E-state index contributed by atoms with van der Waals surface area (Å²) in [6.45, 7) is 1.45. The number of carbonyl (C=O) groups is 4. The summed E-state index contributed by atoms with van der Waals surface area (Å²) in [5, 5.41) is 44.7. The van der Waals surface area contributed by atoms with Crippen LogP contribution in [0.15, 0.2) is 53.3 Å². The number of aromatic hydroxyl groups is 1. The van der Waals surface area contributed by atoms with Crippen molar-refractivity contribution >= 4 is 29.0 Å². The lowest BCUT2D eigenvalue weighted by molar-refractivity contribution is -0.153. The van der Waals surface area contributed by atoms with Gasteiger partial charge in [-0.15, -0.1) is 0 Å². The number of phenols is 1. The smallest absolute Gasteiger partial charge is 0.255 e. The van der Waals surface area contributed by atoms with Gasteiger partial charge in [-0.25, -0.2) is 0 Å². The Kier molecular flexibility index (Phi) is 6.00. The quantitative estimate of drug-likeness (QED) is 0.290. The molecule has 3 aliphatic carbocycles. The predicted octanol–water partition coefficient (Wildman–Crippen LogP) is 1.83. The summed E-state index contributed by atoms with van der Waals surface area (Å²) in [7, 11) is 3.09. The lowest BCUT2D eigenvalue weighted by Crippen LogP contribution is -2.65. The number of fused-ring (bicyclic) bond motifs is 3. The molecule has 10 nitrogen and oxygen atoms in total. The number of hydrogen-bond acceptors (Lipinski definition) is 9. The Balaban J connectivity index is 1.73. The molecule has 1 unspecified atom stereocenters. The lowest BCUT2D eigenvalue weighted by Gasteiger charge is -2.50. The minimum Gasteiger partial charge on any atom is -0.508 e. The van der Waals surface area contributed by atoms with E-state index >= 15 is 0 Å². The van der Waals surface area contributed by atoms with Crippen LogP contribution >= 0.6 is 0 Å². The van der Waals surface area contributed by atoms with Crippen LogP contribution in [0, 0.1) is 11.8 Å². The summed E-state index contributed by atoms with van der Waals surface area (Å²) >= 11 is 0. The number of benzene rings is 2. The monoisotopic (exact) mass is 532 g/mol. The Morgan fingerprint density at radius 2 is 1.77 bits per heavy atom. The van der Waals surface area contributed by atoms with Gasteiger partial charge in [0.15, 0.2) is 17.2 Å². The van der Waals surface area contributed by atoms with E-state index in [1.807, 2.05) is 0 Å². The Hall–Kier alpha value is -4.28. The van der Waals surface area contributed by atoms with Crippen LogP contribution in [-0.4, -0.2) is 74.3 Å². The van der Waals surface area contributed by atoms with Crippen molar-refractivity contribution in [1.82, 2.24) is 4.90 Å². The molecule has 1 saturated carbocycles. The highest BCUT2D eigenvalue weighted by Gasteiger charge is 2.64. The van der Waals surface area contributed by atoms with Crippen LogP contribution in [-0.2, 0) is 20.8 Å². The summed E-state index contributed by atoms with van der Waals surface area (Å²) in [5.41, 5.74) is 3.89. The van der Waals surface area contributed by atoms with Crippen LogP contribution in [0.25, 0.3) is 16.9 Å². The van der Waals surface area contributed by atoms with Crippen molar-refractivity contribution in [3.8, 4) is 16.9 Å². The third-order valence-electron chi connectivity index (χ3n) is 8.18. The van der Waals surface area contributed by atoms with E-state index in [0.717, 1.165) is 0 Å². The van der Waals surface area contributed by atoms with Crippen molar-refractivity contribution in [2.75, 3.05) is 14.1 Å². The number of aliphatic hydroxyl groups is 3. The van der Waals surface area contributed by atoms with E-state index in [0.29, 0.717) is 22.3 Å². The first-order chi connectivity index (χ1) is 18.3. The van der Waals surface area contributed by atoms with E-state index in [2.05, 4.69) is 0 Å². The fourth-order valence-corrected chi connectivity index (χ4v) is 6.42. The number of phenolic OH excluding ortho intramolecular Hbond substituents is 1. The molecule has 0 aromatic heterocycles. The summed E-state index contributed by atoms with van der Waals surface area (Å²) in [6, 6.07) is 8.76. The second-order valence-corrected chi connectivity index (χ2v) is 10.6. The van der Waals surface area contributed by atoms with Crippen molar-refractivity contribution in [2.45, 2.75) is 31.4 Å². The van der Waals surface area contributed by atoms with Gasteiger partial charge in [0.2, 0.25) is 5.78 Å². The van der Waals surface area contributed by atoms with Crippen molar-refractivity contribution < 1.29 is 39.6 Å². The van der Waals surface area contributed by atoms with Crippen LogP contribution in [0.4, 0.5) is 0 Å². The molecular formula is C29H28N2O8. The molecule has 5 rings (SSSR count). The van der Waals surface area contributed by atoms with Gasteiger partial charge in [-0.1, -0.05) is 24.3 Å². The molecule has 202 valence electrons. The molecule has 2 aromatic rings. The molecule has 10 heteroatoms. The molecule has 0 heterocycles. The van der Waals surface area contributed by atoms with Crippen molar-refractivity contribution in [2.24, 2.45) is 17.6 Å². The predicted molar refractivity (Wildman–Crippen MR) is 140 cm³/mol. The number of rotatable bonds is 4. The first-order valence-corrected chi connectivity index (χ1v) is 12.4. The van der Waals surface area contributed by atoms with E-state index < -0.39 is 58.0 Å². The summed E-state index contributed by atoms with van der Waals surface area (Å²) in [4.78, 5) is 52.6. The van der Waals surface area contributed by atoms with Crippen molar-refractivity contribution in [3.63, 3.8) is 0 Å². The summed E-state index contributed by atoms with van der Waals surface area (Å²) in [5.74, 6) is -7.12. The molecule has 6 N–H and O–H groups in total. The maximum atomic E-state index is 13.9. The maximum Gasteiger partial charge on any atom is 0.255 e. The van der Waals surface area contributed by atoms with E-state index in [9.17, 15) is 39.6 Å². The Morgan fingerprint density at radius 3 is 2.38 bits per heavy atom. The second-order valence-electron chi connectivity index (χ2n) is 10.6. The van der Waals surface area contributed by atoms with Gasteiger partial charge in [0.25, 0.3) is 5.91 Å². The number of hydrogen-bond donors (Lipinski definition) is 5. The fraction of sp³-hybridized carbons (Fsp3) is 0.310. The van der Waals surface area contributed by atoms with E-state index in [-0.39, 0.29) is 35.5 Å². The molecule has 0 saturated heterocycles. The zero-order valence-corrected chi connectivity index (χ0v) is 21.6. The van der Waals surface area contributed by atoms with Gasteiger partial charge >= 0.3 is 0 Å². The van der Waals surface area contributed by atoms with E-state index in [4.69, 9.17) is 5.73 Å². The van der Waals surface area contributed by atoms with Gasteiger partial charge in [-0.2, -0.15) is 0 Å². The average molecular weight is 533 g/mol. The molecular weight excluding hydrogens is 504 g/mol. The second kappa shape index (κ2) is 8.89. The number of likely N-dealkylation sites (N-methyl/N-ethyl adjacent to an activating group) is 1. The third-order valence-corrected chi connectivity index (χ3v) is 8.18. The minimum absolute atomic E-state index is 0.00276. The SMILES string of the molecule is CC(=O)c1cccc(-c2ccc(O)c3c2C[C@H]2C[C@H]4[C@H](N(C)C)C(=O)C(C(N)=O)=C(O)C4(O)C(=O)C2=C3O)c1. The molecule has 0 spiro atoms. The van der Waals surface area contributed by atoms with E-state index in [1.54, 1.807) is 44.4 Å². The Labute approximate surface area is 223 Å². The topological polar surface area (TPSA) is 178 Å². The highest BCUT2D eigenvalue weighted by Crippen LogP contribution is 2.53. The van der Waals surface area contributed by atoms with Gasteiger partial charge in [-0.05, 0) is 68.6 Å². The molecule has 0 radical (unpaired) electrons. The van der Waals surface area contributed by atoms with Gasteiger partial charge < -0.3 is 26.2 Å². The number of nitrogens with two attached hydrogens (primary N) is 1. The molecule has 2 aromatic carbocycles. The Bertz CT molecular complexity index is 1550. The highest BCUT2D eigenvalue weighted by atomic mass is 16.3. The first kappa shape index (κ1) is 26.3. The number of ketones is 3. The molecule has 4 atom stereocenters. The highest BCUT2D eigenvalue weighted by molar-refractivity contribution is 6.24. The maximum absolute atomic E-state index is 13.9. The van der Waals surface area contributed by atoms with Crippen LogP contribution in [0.3, 0.4) is 0 Å². The molecule has 0 bridgehead atoms. The molecule has 0 aliphatic heterocycles. The number of Topliss-reactive ketones (excluding diaryl/α,β-unsaturated/α-hetero) is 3.